The maximum absolute atomic E-state index is 12.5. The van der Waals surface area contributed by atoms with Crippen LogP contribution in [-0.2, 0) is 21.2 Å². The monoisotopic (exact) mass is 398 g/mol. The highest BCUT2D eigenvalue weighted by molar-refractivity contribution is 7.89. The predicted molar refractivity (Wildman–Crippen MR) is 98.8 cm³/mol. The van der Waals surface area contributed by atoms with E-state index >= 15 is 0 Å². The lowest BCUT2D eigenvalue weighted by atomic mass is 10.0. The van der Waals surface area contributed by atoms with Crippen molar-refractivity contribution < 1.29 is 13.2 Å². The minimum absolute atomic E-state index is 0.0336. The molecule has 0 atom stereocenters. The summed E-state index contributed by atoms with van der Waals surface area (Å²) in [6, 6.07) is 11.7. The molecule has 2 aromatic rings. The maximum atomic E-state index is 12.5. The van der Waals surface area contributed by atoms with Gasteiger partial charge in [0.05, 0.1) is 21.5 Å². The van der Waals surface area contributed by atoms with Crippen LogP contribution in [0.5, 0.6) is 0 Å². The number of sulfonamides is 1. The van der Waals surface area contributed by atoms with E-state index in [4.69, 9.17) is 23.2 Å². The van der Waals surface area contributed by atoms with E-state index < -0.39 is 10.0 Å². The summed E-state index contributed by atoms with van der Waals surface area (Å²) in [5.74, 6) is -0.296. The van der Waals surface area contributed by atoms with Gasteiger partial charge in [-0.2, -0.15) is 0 Å². The van der Waals surface area contributed by atoms with Gasteiger partial charge in [-0.25, -0.2) is 13.1 Å². The van der Waals surface area contributed by atoms with E-state index in [1.807, 2.05) is 24.3 Å². The molecule has 2 aromatic carbocycles. The third kappa shape index (κ3) is 3.98. The van der Waals surface area contributed by atoms with Crippen molar-refractivity contribution in [2.75, 3.05) is 18.0 Å². The van der Waals surface area contributed by atoms with E-state index in [0.29, 0.717) is 6.54 Å². The molecule has 0 saturated carbocycles. The van der Waals surface area contributed by atoms with Crippen LogP contribution >= 0.6 is 23.2 Å². The number of hydrogen-bond donors (Lipinski definition) is 1. The number of rotatable bonds is 4. The Bertz CT molecular complexity index is 916. The van der Waals surface area contributed by atoms with Crippen LogP contribution in [0.3, 0.4) is 0 Å². The van der Waals surface area contributed by atoms with Crippen molar-refractivity contribution >= 4 is 44.8 Å². The highest BCUT2D eigenvalue weighted by Crippen LogP contribution is 2.27. The first-order chi connectivity index (χ1) is 11.9. The van der Waals surface area contributed by atoms with E-state index in [1.165, 1.54) is 18.2 Å². The zero-order chi connectivity index (χ0) is 18.0. The number of carbonyl (C=O) groups excluding carboxylic acids is 1. The molecular formula is C17H16Cl2N2O3S. The van der Waals surface area contributed by atoms with Gasteiger partial charge in [-0.05, 0) is 42.7 Å². The summed E-state index contributed by atoms with van der Waals surface area (Å²) in [4.78, 5) is 14.1. The van der Waals surface area contributed by atoms with Crippen LogP contribution in [0, 0.1) is 0 Å². The highest BCUT2D eigenvalue weighted by atomic mass is 35.5. The number of aryl methyl sites for hydroxylation is 1. The molecule has 0 bridgehead atoms. The lowest BCUT2D eigenvalue weighted by molar-refractivity contribution is -0.117. The van der Waals surface area contributed by atoms with Gasteiger partial charge in [0.25, 0.3) is 0 Å². The van der Waals surface area contributed by atoms with Crippen LogP contribution in [0.1, 0.15) is 12.0 Å². The third-order valence-corrected chi connectivity index (χ3v) is 6.16. The largest absolute Gasteiger partial charge is 0.311 e. The molecule has 1 aliphatic heterocycles. The number of benzene rings is 2. The SMILES string of the molecule is O=C(CNS(=O)(=O)c1ccc(Cl)c(Cl)c1)N1CCCc2ccccc21. The molecule has 132 valence electrons. The summed E-state index contributed by atoms with van der Waals surface area (Å²) in [7, 11) is -3.85. The van der Waals surface area contributed by atoms with Gasteiger partial charge in [0.2, 0.25) is 15.9 Å². The summed E-state index contributed by atoms with van der Waals surface area (Å²) in [5.41, 5.74) is 1.93. The van der Waals surface area contributed by atoms with Gasteiger partial charge in [0.15, 0.2) is 0 Å². The number of amides is 1. The second kappa shape index (κ2) is 7.33. The fraction of sp³-hybridized carbons (Fsp3) is 0.235. The second-order valence-corrected chi connectivity index (χ2v) is 8.26. The van der Waals surface area contributed by atoms with Crippen LogP contribution in [0.25, 0.3) is 0 Å². The van der Waals surface area contributed by atoms with Gasteiger partial charge in [0.1, 0.15) is 0 Å². The molecule has 0 fully saturated rings. The number of carbonyl (C=O) groups is 1. The van der Waals surface area contributed by atoms with Crippen molar-refractivity contribution in [2.45, 2.75) is 17.7 Å². The van der Waals surface area contributed by atoms with Gasteiger partial charge in [-0.1, -0.05) is 41.4 Å². The first-order valence-corrected chi connectivity index (χ1v) is 9.95. The van der Waals surface area contributed by atoms with Gasteiger partial charge < -0.3 is 4.90 Å². The number of fused-ring (bicyclic) bond motifs is 1. The Balaban J connectivity index is 1.73. The summed E-state index contributed by atoms with van der Waals surface area (Å²) >= 11 is 11.7. The van der Waals surface area contributed by atoms with E-state index in [1.54, 1.807) is 4.90 Å². The average Bonchev–Trinajstić information content (AvgIpc) is 2.61. The van der Waals surface area contributed by atoms with Gasteiger partial charge in [0, 0.05) is 12.2 Å². The maximum Gasteiger partial charge on any atom is 0.242 e. The van der Waals surface area contributed by atoms with Crippen LogP contribution in [0.15, 0.2) is 47.4 Å². The number of halogens is 2. The Morgan fingerprint density at radius 3 is 2.64 bits per heavy atom. The molecule has 1 N–H and O–H groups in total. The minimum atomic E-state index is -3.85. The first-order valence-electron chi connectivity index (χ1n) is 7.71. The molecule has 5 nitrogen and oxygen atoms in total. The van der Waals surface area contributed by atoms with Crippen molar-refractivity contribution in [2.24, 2.45) is 0 Å². The molecule has 0 aromatic heterocycles. The van der Waals surface area contributed by atoms with Crippen molar-refractivity contribution in [3.8, 4) is 0 Å². The molecule has 1 amide bonds. The Morgan fingerprint density at radius 2 is 1.88 bits per heavy atom. The zero-order valence-corrected chi connectivity index (χ0v) is 15.5. The Kier molecular flexibility index (Phi) is 5.34. The lowest BCUT2D eigenvalue weighted by Crippen LogP contribution is -2.42. The molecule has 1 aliphatic rings. The summed E-state index contributed by atoms with van der Waals surface area (Å²) in [5, 5.41) is 0.405. The number of para-hydroxylation sites is 1. The zero-order valence-electron chi connectivity index (χ0n) is 13.2. The van der Waals surface area contributed by atoms with Crippen molar-refractivity contribution in [3.05, 3.63) is 58.1 Å². The molecule has 0 aliphatic carbocycles. The topological polar surface area (TPSA) is 66.5 Å². The van der Waals surface area contributed by atoms with Crippen molar-refractivity contribution in [1.82, 2.24) is 4.72 Å². The summed E-state index contributed by atoms with van der Waals surface area (Å²) in [6.45, 7) is 0.251. The van der Waals surface area contributed by atoms with E-state index in [0.717, 1.165) is 24.1 Å². The molecule has 0 unspecified atom stereocenters. The van der Waals surface area contributed by atoms with Crippen molar-refractivity contribution in [3.63, 3.8) is 0 Å². The Labute approximate surface area is 156 Å². The molecule has 0 saturated heterocycles. The van der Waals surface area contributed by atoms with Gasteiger partial charge in [-0.15, -0.1) is 0 Å². The standard InChI is InChI=1S/C17H16Cl2N2O3S/c18-14-8-7-13(10-15(14)19)25(23,24)20-11-17(22)21-9-3-5-12-4-1-2-6-16(12)21/h1-2,4,6-8,10,20H,3,5,9,11H2. The van der Waals surface area contributed by atoms with Crippen LogP contribution in [0.4, 0.5) is 5.69 Å². The number of anilines is 1. The highest BCUT2D eigenvalue weighted by Gasteiger charge is 2.24. The molecule has 0 spiro atoms. The molecule has 3 rings (SSSR count). The Hall–Kier alpha value is -1.60. The quantitative estimate of drug-likeness (QED) is 0.859. The molecular weight excluding hydrogens is 383 g/mol. The molecule has 8 heteroatoms. The fourth-order valence-electron chi connectivity index (χ4n) is 2.77. The smallest absolute Gasteiger partial charge is 0.242 e. The number of nitrogens with zero attached hydrogens (tertiary/aromatic N) is 1. The molecule has 0 radical (unpaired) electrons. The van der Waals surface area contributed by atoms with E-state index in [9.17, 15) is 13.2 Å². The molecule has 25 heavy (non-hydrogen) atoms. The van der Waals surface area contributed by atoms with E-state index in [-0.39, 0.29) is 27.4 Å². The fourth-order valence-corrected chi connectivity index (χ4v) is 4.14. The van der Waals surface area contributed by atoms with Gasteiger partial charge in [-0.3, -0.25) is 4.79 Å². The van der Waals surface area contributed by atoms with Crippen LogP contribution < -0.4 is 9.62 Å². The van der Waals surface area contributed by atoms with E-state index in [2.05, 4.69) is 4.72 Å². The normalized spacial score (nSPS) is 14.2. The Morgan fingerprint density at radius 1 is 1.12 bits per heavy atom. The predicted octanol–water partition coefficient (Wildman–Crippen LogP) is 3.25. The summed E-state index contributed by atoms with van der Waals surface area (Å²) in [6.07, 6.45) is 1.76. The van der Waals surface area contributed by atoms with Crippen molar-refractivity contribution in [1.29, 1.82) is 0 Å². The number of nitrogens with one attached hydrogen (secondary N) is 1. The van der Waals surface area contributed by atoms with Gasteiger partial charge >= 0.3 is 0 Å². The first kappa shape index (κ1) is 18.2. The summed E-state index contributed by atoms with van der Waals surface area (Å²) < 4.78 is 27.0. The average molecular weight is 399 g/mol. The number of hydrogen-bond acceptors (Lipinski definition) is 3. The molecule has 1 heterocycles. The second-order valence-electron chi connectivity index (χ2n) is 5.68. The van der Waals surface area contributed by atoms with Crippen LogP contribution in [0.2, 0.25) is 10.0 Å². The third-order valence-electron chi connectivity index (χ3n) is 4.03. The lowest BCUT2D eigenvalue weighted by Gasteiger charge is -2.29. The van der Waals surface area contributed by atoms with Crippen LogP contribution in [-0.4, -0.2) is 27.4 Å². The minimum Gasteiger partial charge on any atom is -0.311 e.